The van der Waals surface area contributed by atoms with Gasteiger partial charge in [-0.25, -0.2) is 0 Å². The molecule has 0 rings (SSSR count). The Bertz CT molecular complexity index is 29.6. The van der Waals surface area contributed by atoms with Crippen molar-refractivity contribution in [2.45, 2.75) is 0 Å². The zero-order valence-corrected chi connectivity index (χ0v) is 20.1. The molecule has 20 N–H and O–H groups in total. The minimum Gasteiger partial charge on any atom is -0.870 e. The van der Waals surface area contributed by atoms with Gasteiger partial charge >= 0.3 is 75.4 Å². The molecule has 0 aromatic heterocycles. The SMILES string of the molecule is O.O.O.O.O.O.O.O.[Li+].[Li+].[Li+].[Li+].[OH-].[OH-].[OH-].[OH-].[Ti].[Ti].[Ti].[Ti].[Ti]. The van der Waals surface area contributed by atoms with Crippen LogP contribution in [-0.4, -0.2) is 65.7 Å². The first kappa shape index (κ1) is 572. The summed E-state index contributed by atoms with van der Waals surface area (Å²) in [6, 6.07) is 0. The van der Waals surface area contributed by atoms with E-state index in [1.807, 2.05) is 0 Å². The van der Waals surface area contributed by atoms with E-state index in [1.165, 1.54) is 0 Å². The Morgan fingerprint density at radius 3 is 0.190 bits per heavy atom. The van der Waals surface area contributed by atoms with E-state index in [2.05, 4.69) is 0 Å². The second-order valence-electron chi connectivity index (χ2n) is 0. The first-order valence-corrected chi connectivity index (χ1v) is 0. The summed E-state index contributed by atoms with van der Waals surface area (Å²) in [5.74, 6) is 0. The predicted octanol–water partition coefficient (Wildman–Crippen LogP) is -19.3. The van der Waals surface area contributed by atoms with Crippen LogP contribution < -0.4 is 75.4 Å². The molecule has 21 heavy (non-hydrogen) atoms. The van der Waals surface area contributed by atoms with Crippen molar-refractivity contribution in [3.63, 3.8) is 0 Å². The summed E-state index contributed by atoms with van der Waals surface area (Å²) in [4.78, 5) is 0. The molecule has 0 bridgehead atoms. The molecule has 0 saturated heterocycles. The van der Waals surface area contributed by atoms with Crippen LogP contribution in [0.25, 0.3) is 0 Å². The van der Waals surface area contributed by atoms with Gasteiger partial charge in [0, 0.05) is 109 Å². The van der Waals surface area contributed by atoms with Crippen molar-refractivity contribution in [2.75, 3.05) is 0 Å². The summed E-state index contributed by atoms with van der Waals surface area (Å²) in [5.41, 5.74) is 0. The van der Waals surface area contributed by atoms with Crippen LogP contribution in [0.15, 0.2) is 0 Å². The van der Waals surface area contributed by atoms with Crippen molar-refractivity contribution >= 4 is 0 Å². The third-order valence-corrected chi connectivity index (χ3v) is 0. The Hall–Kier alpha value is 5.48. The summed E-state index contributed by atoms with van der Waals surface area (Å²) in [6.07, 6.45) is 0. The van der Waals surface area contributed by atoms with Crippen LogP contribution in [0.2, 0.25) is 0 Å². The fourth-order valence-electron chi connectivity index (χ4n) is 0. The van der Waals surface area contributed by atoms with Gasteiger partial charge in [-0.3, -0.25) is 0 Å². The molecule has 0 aromatic rings. The van der Waals surface area contributed by atoms with Crippen LogP contribution in [0.3, 0.4) is 0 Å². The third-order valence-electron chi connectivity index (χ3n) is 0. The van der Waals surface area contributed by atoms with Crippen LogP contribution in [0.5, 0.6) is 0 Å². The number of hydrogen-bond acceptors (Lipinski definition) is 4. The molecule has 116 valence electrons. The molecular formula is H20Li4O12Ti5. The topological polar surface area (TPSA) is 372 Å². The van der Waals surface area contributed by atoms with Gasteiger partial charge in [-0.15, -0.1) is 0 Å². The Labute approximate surface area is 245 Å². The average molecular weight is 479 g/mol. The van der Waals surface area contributed by atoms with Crippen molar-refractivity contribution < 1.29 is 250 Å². The summed E-state index contributed by atoms with van der Waals surface area (Å²) < 4.78 is 0. The molecule has 0 unspecified atom stereocenters. The number of rotatable bonds is 0. The molecule has 0 radical (unpaired) electrons. The molecule has 0 amide bonds. The van der Waals surface area contributed by atoms with Crippen molar-refractivity contribution in [2.24, 2.45) is 0 Å². The van der Waals surface area contributed by atoms with Crippen LogP contribution in [0.1, 0.15) is 0 Å². The standard InChI is InChI=1S/4Li.12H2O.5Ti/h;;;;12*1H2;;;;;/q4*+1;;;;;;;;;;;;;;;;;/p-4. The van der Waals surface area contributed by atoms with E-state index >= 15 is 0 Å². The minimum atomic E-state index is 0. The molecule has 0 saturated carbocycles. The fraction of sp³-hybridized carbons (Fsp3) is 0. The molecule has 21 heteroatoms. The van der Waals surface area contributed by atoms with Gasteiger partial charge in [0.15, 0.2) is 0 Å². The average Bonchev–Trinajstić information content (AvgIpc) is 0. The zero-order valence-electron chi connectivity index (χ0n) is 12.3. The molecule has 0 fully saturated rings. The van der Waals surface area contributed by atoms with Gasteiger partial charge in [-0.2, -0.15) is 0 Å². The van der Waals surface area contributed by atoms with Crippen molar-refractivity contribution in [3.05, 3.63) is 0 Å². The molecule has 0 aliphatic carbocycles. The van der Waals surface area contributed by atoms with Gasteiger partial charge in [0.1, 0.15) is 0 Å². The van der Waals surface area contributed by atoms with Gasteiger partial charge in [0.05, 0.1) is 0 Å². The summed E-state index contributed by atoms with van der Waals surface area (Å²) in [5, 5.41) is 0. The van der Waals surface area contributed by atoms with E-state index < -0.39 is 0 Å². The van der Waals surface area contributed by atoms with Crippen LogP contribution in [-0.2, 0) is 109 Å². The smallest absolute Gasteiger partial charge is 0.870 e. The predicted molar refractivity (Wildman–Crippen MR) is 36.7 cm³/mol. The maximum absolute atomic E-state index is 0. The quantitative estimate of drug-likeness (QED) is 0.305. The van der Waals surface area contributed by atoms with Crippen LogP contribution in [0.4, 0.5) is 0 Å². The Morgan fingerprint density at radius 2 is 0.190 bits per heavy atom. The van der Waals surface area contributed by atoms with Gasteiger partial charge in [0.25, 0.3) is 0 Å². The van der Waals surface area contributed by atoms with Crippen LogP contribution in [0, 0.1) is 0 Å². The van der Waals surface area contributed by atoms with Crippen LogP contribution >= 0.6 is 0 Å². The second kappa shape index (κ2) is 508. The third kappa shape index (κ3) is 468. The van der Waals surface area contributed by atoms with Crippen molar-refractivity contribution in [1.82, 2.24) is 0 Å². The van der Waals surface area contributed by atoms with Crippen molar-refractivity contribution in [3.8, 4) is 0 Å². The van der Waals surface area contributed by atoms with Gasteiger partial charge in [-0.05, 0) is 0 Å². The second-order valence-corrected chi connectivity index (χ2v) is 0. The summed E-state index contributed by atoms with van der Waals surface area (Å²) in [7, 11) is 0. The Kier molecular flexibility index (Phi) is 13900. The van der Waals surface area contributed by atoms with Gasteiger partial charge in [0.2, 0.25) is 0 Å². The first-order chi connectivity index (χ1) is 0. The monoisotopic (exact) mass is 480 g/mol. The van der Waals surface area contributed by atoms with E-state index in [4.69, 9.17) is 0 Å². The van der Waals surface area contributed by atoms with E-state index in [9.17, 15) is 0 Å². The molecule has 0 spiro atoms. The molecule has 0 atom stereocenters. The maximum atomic E-state index is 0. The minimum absolute atomic E-state index is 0. The molecular weight excluding hydrogens is 459 g/mol. The summed E-state index contributed by atoms with van der Waals surface area (Å²) in [6.45, 7) is 0. The number of hydrogen-bond donors (Lipinski definition) is 0. The van der Waals surface area contributed by atoms with E-state index in [1.54, 1.807) is 0 Å². The molecule has 0 aliphatic heterocycles. The molecule has 0 heterocycles. The van der Waals surface area contributed by atoms with Crippen molar-refractivity contribution in [1.29, 1.82) is 0 Å². The molecule has 12 nitrogen and oxygen atoms in total. The largest absolute Gasteiger partial charge is 1.00 e. The Balaban J connectivity index is 0. The molecule has 0 aliphatic rings. The van der Waals surface area contributed by atoms with E-state index in [0.29, 0.717) is 0 Å². The Morgan fingerprint density at radius 1 is 0.190 bits per heavy atom. The van der Waals surface area contributed by atoms with Gasteiger partial charge in [-0.1, -0.05) is 0 Å². The maximum Gasteiger partial charge on any atom is 1.00 e. The first-order valence-electron chi connectivity index (χ1n) is 0. The van der Waals surface area contributed by atoms with Gasteiger partial charge < -0.3 is 65.7 Å². The summed E-state index contributed by atoms with van der Waals surface area (Å²) >= 11 is 0. The van der Waals surface area contributed by atoms with E-state index in [0.717, 1.165) is 0 Å². The molecule has 0 aromatic carbocycles. The zero-order chi connectivity index (χ0) is 0. The fourth-order valence-corrected chi connectivity index (χ4v) is 0. The van der Waals surface area contributed by atoms with E-state index in [-0.39, 0.29) is 250 Å². The normalized spacial score (nSPS) is 0.